The topological polar surface area (TPSA) is 89.3 Å². The first-order valence-electron chi connectivity index (χ1n) is 9.77. The SMILES string of the molecule is COC(=O)Cc1[nH]n(-c2nc3ccccc3s2)c(=O)c1C(C)=Nc1ccc(C)c(C)c1. The summed E-state index contributed by atoms with van der Waals surface area (Å²) >= 11 is 1.40. The number of carbonyl (C=O) groups excluding carboxylic acids is 1. The number of thiazole rings is 1. The minimum absolute atomic E-state index is 0.0707. The van der Waals surface area contributed by atoms with Crippen LogP contribution in [-0.2, 0) is 16.0 Å². The molecule has 0 aliphatic heterocycles. The zero-order chi connectivity index (χ0) is 22.1. The predicted octanol–water partition coefficient (Wildman–Crippen LogP) is 4.25. The second-order valence-electron chi connectivity index (χ2n) is 7.29. The summed E-state index contributed by atoms with van der Waals surface area (Å²) in [5, 5.41) is 3.55. The van der Waals surface area contributed by atoms with Gasteiger partial charge in [0.05, 0.1) is 46.4 Å². The number of nitrogens with zero attached hydrogens (tertiary/aromatic N) is 3. The van der Waals surface area contributed by atoms with Crippen molar-refractivity contribution in [2.75, 3.05) is 7.11 Å². The normalized spacial score (nSPS) is 11.8. The molecular formula is C23H22N4O3S. The lowest BCUT2D eigenvalue weighted by atomic mass is 10.1. The number of para-hydroxylation sites is 1. The molecule has 4 aromatic rings. The van der Waals surface area contributed by atoms with E-state index in [-0.39, 0.29) is 12.0 Å². The molecule has 0 atom stereocenters. The Morgan fingerprint density at radius 3 is 2.68 bits per heavy atom. The van der Waals surface area contributed by atoms with Gasteiger partial charge in [0.1, 0.15) is 0 Å². The molecule has 2 heterocycles. The molecule has 7 nitrogen and oxygen atoms in total. The van der Waals surface area contributed by atoms with Crippen molar-refractivity contribution in [2.45, 2.75) is 27.2 Å². The number of carbonyl (C=O) groups is 1. The first kappa shape index (κ1) is 20.7. The van der Waals surface area contributed by atoms with Gasteiger partial charge in [0, 0.05) is 0 Å². The Bertz CT molecular complexity index is 1340. The van der Waals surface area contributed by atoms with Gasteiger partial charge >= 0.3 is 5.97 Å². The van der Waals surface area contributed by atoms with E-state index in [9.17, 15) is 9.59 Å². The highest BCUT2D eigenvalue weighted by Gasteiger charge is 2.22. The maximum Gasteiger partial charge on any atom is 0.311 e. The van der Waals surface area contributed by atoms with Gasteiger partial charge in [-0.1, -0.05) is 29.5 Å². The molecule has 0 fully saturated rings. The van der Waals surface area contributed by atoms with E-state index in [4.69, 9.17) is 4.74 Å². The number of aryl methyl sites for hydroxylation is 2. The zero-order valence-corrected chi connectivity index (χ0v) is 18.5. The molecule has 8 heteroatoms. The van der Waals surface area contributed by atoms with Crippen LogP contribution in [0.1, 0.15) is 29.3 Å². The van der Waals surface area contributed by atoms with E-state index in [0.29, 0.717) is 22.1 Å². The number of rotatable bonds is 5. The van der Waals surface area contributed by atoms with Crippen LogP contribution in [0.3, 0.4) is 0 Å². The van der Waals surface area contributed by atoms with E-state index in [1.807, 2.05) is 56.3 Å². The first-order valence-corrected chi connectivity index (χ1v) is 10.6. The Kier molecular flexibility index (Phi) is 5.56. The lowest BCUT2D eigenvalue weighted by Crippen LogP contribution is -2.20. The summed E-state index contributed by atoms with van der Waals surface area (Å²) in [5.41, 5.74) is 4.85. The van der Waals surface area contributed by atoms with Crippen LogP contribution in [0.5, 0.6) is 0 Å². The van der Waals surface area contributed by atoms with Gasteiger partial charge in [-0.15, -0.1) is 0 Å². The molecule has 158 valence electrons. The molecule has 1 N–H and O–H groups in total. The second-order valence-corrected chi connectivity index (χ2v) is 8.30. The Balaban J connectivity index is 1.85. The smallest absolute Gasteiger partial charge is 0.311 e. The van der Waals surface area contributed by atoms with Gasteiger partial charge in [0.2, 0.25) is 5.13 Å². The molecule has 0 aliphatic rings. The maximum absolute atomic E-state index is 13.4. The number of nitrogens with one attached hydrogen (secondary N) is 1. The van der Waals surface area contributed by atoms with Crippen LogP contribution < -0.4 is 5.56 Å². The third-order valence-electron chi connectivity index (χ3n) is 5.14. The summed E-state index contributed by atoms with van der Waals surface area (Å²) in [6.45, 7) is 5.82. The molecule has 0 saturated carbocycles. The van der Waals surface area contributed by atoms with Crippen LogP contribution in [0.4, 0.5) is 5.69 Å². The molecule has 4 rings (SSSR count). The average Bonchev–Trinajstić information content (AvgIpc) is 3.31. The standard InChI is InChI=1S/C23H22N4O3S/c1-13-9-10-16(11-14(13)2)24-15(3)21-18(12-20(28)30-4)26-27(22(21)29)23-25-17-7-5-6-8-19(17)31-23/h5-11,26H,12H2,1-4H3. The average molecular weight is 435 g/mol. The van der Waals surface area contributed by atoms with Gasteiger partial charge in [0.15, 0.2) is 0 Å². The van der Waals surface area contributed by atoms with Crippen LogP contribution in [0.15, 0.2) is 52.3 Å². The number of aromatic amines is 1. The predicted molar refractivity (Wildman–Crippen MR) is 123 cm³/mol. The summed E-state index contributed by atoms with van der Waals surface area (Å²) in [5.74, 6) is -0.446. The van der Waals surface area contributed by atoms with Crippen molar-refractivity contribution < 1.29 is 9.53 Å². The number of fused-ring (bicyclic) bond motifs is 1. The summed E-state index contributed by atoms with van der Waals surface area (Å²) in [7, 11) is 1.32. The Morgan fingerprint density at radius 1 is 1.19 bits per heavy atom. The first-order chi connectivity index (χ1) is 14.9. The highest BCUT2D eigenvalue weighted by atomic mass is 32.1. The fourth-order valence-corrected chi connectivity index (χ4v) is 4.26. The summed E-state index contributed by atoms with van der Waals surface area (Å²) in [6, 6.07) is 13.5. The van der Waals surface area contributed by atoms with Crippen molar-refractivity contribution >= 4 is 38.9 Å². The number of benzene rings is 2. The molecule has 2 aromatic heterocycles. The Hall–Kier alpha value is -3.52. The summed E-state index contributed by atoms with van der Waals surface area (Å²) < 4.78 is 7.16. The molecular weight excluding hydrogens is 412 g/mol. The van der Waals surface area contributed by atoms with E-state index in [2.05, 4.69) is 15.1 Å². The van der Waals surface area contributed by atoms with Crippen LogP contribution in [0.25, 0.3) is 15.3 Å². The Labute approximate surface area is 183 Å². The van der Waals surface area contributed by atoms with Crippen LogP contribution in [0.2, 0.25) is 0 Å². The minimum Gasteiger partial charge on any atom is -0.469 e. The second kappa shape index (κ2) is 8.31. The third-order valence-corrected chi connectivity index (χ3v) is 6.16. The highest BCUT2D eigenvalue weighted by Crippen LogP contribution is 2.24. The fraction of sp³-hybridized carbons (Fsp3) is 0.217. The summed E-state index contributed by atoms with van der Waals surface area (Å²) in [4.78, 5) is 34.5. The third kappa shape index (κ3) is 4.06. The van der Waals surface area contributed by atoms with Crippen LogP contribution >= 0.6 is 11.3 Å². The quantitative estimate of drug-likeness (QED) is 0.376. The van der Waals surface area contributed by atoms with E-state index >= 15 is 0 Å². The molecule has 0 aliphatic carbocycles. The van der Waals surface area contributed by atoms with Gasteiger partial charge < -0.3 is 4.74 Å². The van der Waals surface area contributed by atoms with E-state index in [0.717, 1.165) is 21.5 Å². The van der Waals surface area contributed by atoms with Gasteiger partial charge in [-0.2, -0.15) is 4.68 Å². The minimum atomic E-state index is -0.446. The van der Waals surface area contributed by atoms with E-state index in [1.54, 1.807) is 6.92 Å². The Morgan fingerprint density at radius 2 is 1.97 bits per heavy atom. The lowest BCUT2D eigenvalue weighted by Gasteiger charge is -2.04. The fourth-order valence-electron chi connectivity index (χ4n) is 3.34. The molecule has 2 aromatic carbocycles. The number of aliphatic imine (C=N–C) groups is 1. The summed E-state index contributed by atoms with van der Waals surface area (Å²) in [6.07, 6.45) is -0.0707. The number of methoxy groups -OCH3 is 1. The van der Waals surface area contributed by atoms with Crippen LogP contribution in [0, 0.1) is 13.8 Å². The van der Waals surface area contributed by atoms with Crippen LogP contribution in [-0.4, -0.2) is 33.6 Å². The van der Waals surface area contributed by atoms with E-state index in [1.165, 1.54) is 28.7 Å². The van der Waals surface area contributed by atoms with Crippen molar-refractivity contribution in [1.82, 2.24) is 14.8 Å². The molecule has 31 heavy (non-hydrogen) atoms. The molecule has 0 unspecified atom stereocenters. The zero-order valence-electron chi connectivity index (χ0n) is 17.7. The van der Waals surface area contributed by atoms with Crippen molar-refractivity contribution in [2.24, 2.45) is 4.99 Å². The van der Waals surface area contributed by atoms with E-state index < -0.39 is 5.97 Å². The lowest BCUT2D eigenvalue weighted by molar-refractivity contribution is -0.139. The van der Waals surface area contributed by atoms with Gasteiger partial charge in [0.25, 0.3) is 5.56 Å². The van der Waals surface area contributed by atoms with Gasteiger partial charge in [-0.25, -0.2) is 4.98 Å². The molecule has 0 spiro atoms. The number of hydrogen-bond acceptors (Lipinski definition) is 6. The molecule has 0 saturated heterocycles. The number of esters is 1. The van der Waals surface area contributed by atoms with Gasteiger partial charge in [-0.05, 0) is 56.2 Å². The largest absolute Gasteiger partial charge is 0.469 e. The van der Waals surface area contributed by atoms with Crippen molar-refractivity contribution in [3.8, 4) is 5.13 Å². The molecule has 0 amide bonds. The van der Waals surface area contributed by atoms with Gasteiger partial charge in [-0.3, -0.25) is 19.7 Å². The number of aromatic nitrogens is 3. The van der Waals surface area contributed by atoms with Crippen molar-refractivity contribution in [3.05, 3.63) is 75.2 Å². The number of ether oxygens (including phenoxy) is 1. The number of hydrogen-bond donors (Lipinski definition) is 1. The van der Waals surface area contributed by atoms with Crippen molar-refractivity contribution in [1.29, 1.82) is 0 Å². The monoisotopic (exact) mass is 434 g/mol. The maximum atomic E-state index is 13.4. The number of H-pyrrole nitrogens is 1. The van der Waals surface area contributed by atoms with Crippen molar-refractivity contribution in [3.63, 3.8) is 0 Å². The molecule has 0 bridgehead atoms. The highest BCUT2D eigenvalue weighted by molar-refractivity contribution is 7.20. The molecule has 0 radical (unpaired) electrons.